The molecular formula is C18H26N4O3. The van der Waals surface area contributed by atoms with Gasteiger partial charge in [-0.3, -0.25) is 4.79 Å². The van der Waals surface area contributed by atoms with Crippen LogP contribution in [0.1, 0.15) is 43.1 Å². The number of carbonyl (C=O) groups excluding carboxylic acids is 1. The van der Waals surface area contributed by atoms with Gasteiger partial charge in [-0.2, -0.15) is 0 Å². The highest BCUT2D eigenvalue weighted by Crippen LogP contribution is 2.32. The van der Waals surface area contributed by atoms with Crippen molar-refractivity contribution >= 4 is 11.9 Å². The normalized spacial score (nSPS) is 24.0. The van der Waals surface area contributed by atoms with E-state index in [0.717, 1.165) is 51.9 Å². The minimum atomic E-state index is -0.408. The third-order valence-corrected chi connectivity index (χ3v) is 5.55. The summed E-state index contributed by atoms with van der Waals surface area (Å²) in [6, 6.07) is 1.72. The van der Waals surface area contributed by atoms with Gasteiger partial charge in [-0.25, -0.2) is 9.97 Å². The number of amides is 1. The van der Waals surface area contributed by atoms with Crippen LogP contribution in [0.5, 0.6) is 0 Å². The molecule has 3 aliphatic rings. The van der Waals surface area contributed by atoms with E-state index in [1.54, 1.807) is 12.3 Å². The van der Waals surface area contributed by atoms with E-state index in [1.807, 2.05) is 4.90 Å². The second kappa shape index (κ2) is 6.88. The Balaban J connectivity index is 1.42. The van der Waals surface area contributed by atoms with Crippen molar-refractivity contribution in [3.63, 3.8) is 0 Å². The summed E-state index contributed by atoms with van der Waals surface area (Å²) in [4.78, 5) is 25.7. The second-order valence-corrected chi connectivity index (χ2v) is 7.31. The van der Waals surface area contributed by atoms with E-state index in [1.165, 1.54) is 0 Å². The first kappa shape index (κ1) is 16.7. The van der Waals surface area contributed by atoms with Crippen molar-refractivity contribution < 1.29 is 14.3 Å². The summed E-state index contributed by atoms with van der Waals surface area (Å²) in [6.07, 6.45) is 5.43. The molecule has 0 unspecified atom stereocenters. The van der Waals surface area contributed by atoms with Crippen molar-refractivity contribution in [3.05, 3.63) is 18.0 Å². The fraction of sp³-hybridized carbons (Fsp3) is 0.722. The molecule has 0 saturated carbocycles. The van der Waals surface area contributed by atoms with Gasteiger partial charge in [-0.05, 0) is 24.8 Å². The van der Waals surface area contributed by atoms with E-state index >= 15 is 0 Å². The maximum atomic E-state index is 12.7. The summed E-state index contributed by atoms with van der Waals surface area (Å²) in [6.45, 7) is 6.79. The SMILES string of the molecule is CC1CCN(C(=O)c2ccnc(N3CCC4(CC3)OCCO4)n2)CC1. The number of likely N-dealkylation sites (tertiary alicyclic amines) is 1. The first-order valence-electron chi connectivity index (χ1n) is 9.30. The summed E-state index contributed by atoms with van der Waals surface area (Å²) in [5, 5.41) is 0. The van der Waals surface area contributed by atoms with Crippen LogP contribution in [-0.4, -0.2) is 66.0 Å². The van der Waals surface area contributed by atoms with Gasteiger partial charge in [0.1, 0.15) is 5.69 Å². The number of hydrogen-bond acceptors (Lipinski definition) is 6. The van der Waals surface area contributed by atoms with Crippen LogP contribution in [0.4, 0.5) is 5.95 Å². The van der Waals surface area contributed by atoms with Crippen LogP contribution in [0.2, 0.25) is 0 Å². The van der Waals surface area contributed by atoms with Crippen LogP contribution in [0, 0.1) is 5.92 Å². The lowest BCUT2D eigenvalue weighted by Gasteiger charge is -2.37. The Bertz CT molecular complexity index is 615. The lowest BCUT2D eigenvalue weighted by Crippen LogP contribution is -2.46. The molecule has 0 aliphatic carbocycles. The zero-order valence-corrected chi connectivity index (χ0v) is 14.8. The molecule has 136 valence electrons. The van der Waals surface area contributed by atoms with Crippen molar-refractivity contribution in [3.8, 4) is 0 Å². The lowest BCUT2D eigenvalue weighted by atomic mass is 9.99. The Hall–Kier alpha value is -1.73. The second-order valence-electron chi connectivity index (χ2n) is 7.31. The Labute approximate surface area is 148 Å². The lowest BCUT2D eigenvalue weighted by molar-refractivity contribution is -0.169. The van der Waals surface area contributed by atoms with Crippen LogP contribution in [0.25, 0.3) is 0 Å². The molecule has 7 heteroatoms. The number of anilines is 1. The van der Waals surface area contributed by atoms with Gasteiger partial charge in [0.15, 0.2) is 5.79 Å². The van der Waals surface area contributed by atoms with E-state index in [-0.39, 0.29) is 5.91 Å². The topological polar surface area (TPSA) is 67.8 Å². The average Bonchev–Trinajstić information content (AvgIpc) is 3.10. The van der Waals surface area contributed by atoms with Crippen LogP contribution in [0.15, 0.2) is 12.3 Å². The van der Waals surface area contributed by atoms with Gasteiger partial charge in [-0.1, -0.05) is 6.92 Å². The van der Waals surface area contributed by atoms with E-state index in [2.05, 4.69) is 21.8 Å². The van der Waals surface area contributed by atoms with Gasteiger partial charge in [-0.15, -0.1) is 0 Å². The van der Waals surface area contributed by atoms with Gasteiger partial charge in [0.25, 0.3) is 5.91 Å². The average molecular weight is 346 g/mol. The molecular weight excluding hydrogens is 320 g/mol. The molecule has 0 aromatic carbocycles. The summed E-state index contributed by atoms with van der Waals surface area (Å²) in [5.41, 5.74) is 0.494. The van der Waals surface area contributed by atoms with Crippen molar-refractivity contribution in [2.75, 3.05) is 44.3 Å². The van der Waals surface area contributed by atoms with Crippen LogP contribution >= 0.6 is 0 Å². The van der Waals surface area contributed by atoms with Gasteiger partial charge < -0.3 is 19.3 Å². The molecule has 0 N–H and O–H groups in total. The van der Waals surface area contributed by atoms with E-state index in [0.29, 0.717) is 30.8 Å². The minimum absolute atomic E-state index is 0.0199. The van der Waals surface area contributed by atoms with Crippen molar-refractivity contribution in [1.29, 1.82) is 0 Å². The fourth-order valence-corrected chi connectivity index (χ4v) is 3.83. The summed E-state index contributed by atoms with van der Waals surface area (Å²) < 4.78 is 11.5. The number of hydrogen-bond donors (Lipinski definition) is 0. The van der Waals surface area contributed by atoms with Gasteiger partial charge >= 0.3 is 0 Å². The molecule has 0 atom stereocenters. The first-order valence-corrected chi connectivity index (χ1v) is 9.30. The zero-order valence-electron chi connectivity index (χ0n) is 14.8. The zero-order chi connectivity index (χ0) is 17.3. The highest BCUT2D eigenvalue weighted by atomic mass is 16.7. The van der Waals surface area contributed by atoms with E-state index in [4.69, 9.17) is 9.47 Å². The Morgan fingerprint density at radius 3 is 2.52 bits per heavy atom. The number of carbonyl (C=O) groups is 1. The standard InChI is InChI=1S/C18H26N4O3/c1-14-3-8-21(9-4-14)16(23)15-2-7-19-17(20-15)22-10-5-18(6-11-22)24-12-13-25-18/h2,7,14H,3-6,8-13H2,1H3. The van der Waals surface area contributed by atoms with Crippen LogP contribution in [-0.2, 0) is 9.47 Å². The van der Waals surface area contributed by atoms with Gasteiger partial charge in [0, 0.05) is 45.2 Å². The fourth-order valence-electron chi connectivity index (χ4n) is 3.83. The Kier molecular flexibility index (Phi) is 4.60. The predicted octanol–water partition coefficient (Wildman–Crippen LogP) is 1.69. The van der Waals surface area contributed by atoms with Crippen LogP contribution in [0.3, 0.4) is 0 Å². The van der Waals surface area contributed by atoms with Crippen molar-refractivity contribution in [1.82, 2.24) is 14.9 Å². The number of piperidine rings is 2. The number of aromatic nitrogens is 2. The molecule has 4 heterocycles. The predicted molar refractivity (Wildman–Crippen MR) is 92.4 cm³/mol. The third-order valence-electron chi connectivity index (χ3n) is 5.55. The minimum Gasteiger partial charge on any atom is -0.347 e. The quantitative estimate of drug-likeness (QED) is 0.812. The first-order chi connectivity index (χ1) is 12.2. The molecule has 25 heavy (non-hydrogen) atoms. The largest absolute Gasteiger partial charge is 0.347 e. The molecule has 3 aliphatic heterocycles. The molecule has 1 spiro atoms. The highest BCUT2D eigenvalue weighted by molar-refractivity contribution is 5.92. The molecule has 1 amide bonds. The maximum Gasteiger partial charge on any atom is 0.272 e. The van der Waals surface area contributed by atoms with E-state index in [9.17, 15) is 4.79 Å². The van der Waals surface area contributed by atoms with Crippen molar-refractivity contribution in [2.24, 2.45) is 5.92 Å². The van der Waals surface area contributed by atoms with Gasteiger partial charge in [0.2, 0.25) is 5.95 Å². The summed E-state index contributed by atoms with van der Waals surface area (Å²) >= 11 is 0. The Morgan fingerprint density at radius 2 is 1.84 bits per heavy atom. The number of ether oxygens (including phenoxy) is 2. The molecule has 4 rings (SSSR count). The molecule has 3 fully saturated rings. The molecule has 0 radical (unpaired) electrons. The van der Waals surface area contributed by atoms with Crippen molar-refractivity contribution in [2.45, 2.75) is 38.4 Å². The number of rotatable bonds is 2. The van der Waals surface area contributed by atoms with E-state index < -0.39 is 5.79 Å². The molecule has 1 aromatic heterocycles. The monoisotopic (exact) mass is 346 g/mol. The molecule has 0 bridgehead atoms. The summed E-state index contributed by atoms with van der Waals surface area (Å²) in [7, 11) is 0. The molecule has 3 saturated heterocycles. The molecule has 1 aromatic rings. The maximum absolute atomic E-state index is 12.7. The summed E-state index contributed by atoms with van der Waals surface area (Å²) in [5.74, 6) is 0.940. The Morgan fingerprint density at radius 1 is 1.16 bits per heavy atom. The van der Waals surface area contributed by atoms with Gasteiger partial charge in [0.05, 0.1) is 13.2 Å². The number of nitrogens with zero attached hydrogens (tertiary/aromatic N) is 4. The molecule has 7 nitrogen and oxygen atoms in total. The highest BCUT2D eigenvalue weighted by Gasteiger charge is 2.40. The van der Waals surface area contributed by atoms with Crippen LogP contribution < -0.4 is 4.90 Å². The third kappa shape index (κ3) is 3.48. The smallest absolute Gasteiger partial charge is 0.272 e.